The molecule has 0 atom stereocenters. The summed E-state index contributed by atoms with van der Waals surface area (Å²) in [5, 5.41) is 9.00. The Labute approximate surface area is 130 Å². The van der Waals surface area contributed by atoms with Crippen molar-refractivity contribution in [3.63, 3.8) is 0 Å². The van der Waals surface area contributed by atoms with Crippen LogP contribution >= 0.6 is 15.9 Å². The van der Waals surface area contributed by atoms with E-state index in [0.717, 1.165) is 22.7 Å². The maximum atomic E-state index is 13.3. The van der Waals surface area contributed by atoms with Gasteiger partial charge in [-0.3, -0.25) is 4.72 Å². The lowest BCUT2D eigenvalue weighted by Crippen LogP contribution is -2.15. The van der Waals surface area contributed by atoms with Crippen molar-refractivity contribution in [1.82, 2.24) is 4.98 Å². The van der Waals surface area contributed by atoms with Crippen molar-refractivity contribution in [3.05, 3.63) is 51.9 Å². The lowest BCUT2D eigenvalue weighted by Gasteiger charge is -2.10. The Kier molecular flexibility index (Phi) is 4.60. The molecule has 1 heterocycles. The fourth-order valence-electron chi connectivity index (χ4n) is 1.67. The summed E-state index contributed by atoms with van der Waals surface area (Å²) in [6.07, 6.45) is 1.47. The molecule has 1 aromatic heterocycles. The number of pyridine rings is 1. The topological polar surface area (TPSA) is 79.3 Å². The van der Waals surface area contributed by atoms with Gasteiger partial charge in [-0.05, 0) is 52.7 Å². The SMILES string of the molecule is Cc1cc(Br)cnc1NS(=O)(=O)c1ccc(F)c(CO)c1. The highest BCUT2D eigenvalue weighted by Crippen LogP contribution is 2.21. The first kappa shape index (κ1) is 15.9. The molecule has 0 spiro atoms. The molecule has 0 aliphatic heterocycles. The van der Waals surface area contributed by atoms with E-state index in [0.29, 0.717) is 5.56 Å². The summed E-state index contributed by atoms with van der Waals surface area (Å²) in [4.78, 5) is 3.85. The van der Waals surface area contributed by atoms with Gasteiger partial charge in [0.1, 0.15) is 11.6 Å². The second kappa shape index (κ2) is 6.08. The molecule has 2 rings (SSSR count). The van der Waals surface area contributed by atoms with Gasteiger partial charge in [0.2, 0.25) is 0 Å². The average molecular weight is 375 g/mol. The quantitative estimate of drug-likeness (QED) is 0.861. The molecule has 0 unspecified atom stereocenters. The molecule has 0 saturated heterocycles. The second-order valence-corrected chi connectivity index (χ2v) is 6.93. The van der Waals surface area contributed by atoms with Gasteiger partial charge < -0.3 is 5.11 Å². The van der Waals surface area contributed by atoms with Crippen LogP contribution in [-0.2, 0) is 16.6 Å². The lowest BCUT2D eigenvalue weighted by molar-refractivity contribution is 0.275. The van der Waals surface area contributed by atoms with E-state index in [1.54, 1.807) is 13.0 Å². The van der Waals surface area contributed by atoms with Gasteiger partial charge in [0, 0.05) is 16.2 Å². The number of rotatable bonds is 4. The Morgan fingerprint density at radius 1 is 1.38 bits per heavy atom. The van der Waals surface area contributed by atoms with Crippen molar-refractivity contribution < 1.29 is 17.9 Å². The van der Waals surface area contributed by atoms with E-state index >= 15 is 0 Å². The smallest absolute Gasteiger partial charge is 0.263 e. The number of aromatic nitrogens is 1. The number of benzene rings is 1. The normalized spacial score (nSPS) is 11.4. The number of aliphatic hydroxyl groups is 1. The van der Waals surface area contributed by atoms with Gasteiger partial charge in [0.25, 0.3) is 10.0 Å². The summed E-state index contributed by atoms with van der Waals surface area (Å²) in [7, 11) is -3.90. The third kappa shape index (κ3) is 3.58. The zero-order valence-corrected chi connectivity index (χ0v) is 13.4. The zero-order chi connectivity index (χ0) is 15.6. The van der Waals surface area contributed by atoms with Gasteiger partial charge in [-0.2, -0.15) is 0 Å². The van der Waals surface area contributed by atoms with E-state index in [4.69, 9.17) is 5.11 Å². The molecular weight excluding hydrogens is 363 g/mol. The highest BCUT2D eigenvalue weighted by atomic mass is 79.9. The van der Waals surface area contributed by atoms with E-state index < -0.39 is 22.4 Å². The predicted molar refractivity (Wildman–Crippen MR) is 79.8 cm³/mol. The summed E-state index contributed by atoms with van der Waals surface area (Å²) >= 11 is 3.24. The fraction of sp³-hybridized carbons (Fsp3) is 0.154. The second-order valence-electron chi connectivity index (χ2n) is 4.34. The van der Waals surface area contributed by atoms with Crippen LogP contribution in [0.5, 0.6) is 0 Å². The largest absolute Gasteiger partial charge is 0.392 e. The first-order valence-electron chi connectivity index (χ1n) is 5.88. The van der Waals surface area contributed by atoms with Crippen LogP contribution in [0.1, 0.15) is 11.1 Å². The Balaban J connectivity index is 2.38. The van der Waals surface area contributed by atoms with E-state index in [1.807, 2.05) is 0 Å². The van der Waals surface area contributed by atoms with Crippen molar-refractivity contribution >= 4 is 31.8 Å². The average Bonchev–Trinajstić information content (AvgIpc) is 2.42. The molecule has 0 aliphatic carbocycles. The summed E-state index contributed by atoms with van der Waals surface area (Å²) in [5.41, 5.74) is 0.552. The van der Waals surface area contributed by atoms with E-state index in [2.05, 4.69) is 25.6 Å². The van der Waals surface area contributed by atoms with E-state index in [-0.39, 0.29) is 16.3 Å². The maximum absolute atomic E-state index is 13.3. The van der Waals surface area contributed by atoms with E-state index in [1.165, 1.54) is 6.20 Å². The monoisotopic (exact) mass is 374 g/mol. The maximum Gasteiger partial charge on any atom is 0.263 e. The van der Waals surface area contributed by atoms with Crippen LogP contribution in [0.25, 0.3) is 0 Å². The van der Waals surface area contributed by atoms with Gasteiger partial charge in [0.05, 0.1) is 11.5 Å². The summed E-state index contributed by atoms with van der Waals surface area (Å²) in [6, 6.07) is 4.94. The number of aryl methyl sites for hydroxylation is 1. The van der Waals surface area contributed by atoms with Crippen molar-refractivity contribution in [2.75, 3.05) is 4.72 Å². The molecule has 0 fully saturated rings. The Hall–Kier alpha value is -1.51. The van der Waals surface area contributed by atoms with Gasteiger partial charge in [-0.1, -0.05) is 0 Å². The molecule has 1 aromatic carbocycles. The van der Waals surface area contributed by atoms with Gasteiger partial charge >= 0.3 is 0 Å². The number of aliphatic hydroxyl groups excluding tert-OH is 1. The van der Waals surface area contributed by atoms with Crippen LogP contribution < -0.4 is 4.72 Å². The Morgan fingerprint density at radius 3 is 2.71 bits per heavy atom. The number of nitrogens with zero attached hydrogens (tertiary/aromatic N) is 1. The van der Waals surface area contributed by atoms with Crippen LogP contribution in [0.15, 0.2) is 39.8 Å². The number of anilines is 1. The molecule has 2 aromatic rings. The number of nitrogens with one attached hydrogen (secondary N) is 1. The Morgan fingerprint density at radius 2 is 2.10 bits per heavy atom. The first-order chi connectivity index (χ1) is 9.83. The first-order valence-corrected chi connectivity index (χ1v) is 8.15. The molecule has 0 bridgehead atoms. The number of sulfonamides is 1. The zero-order valence-electron chi connectivity index (χ0n) is 11.0. The molecule has 0 saturated carbocycles. The molecule has 2 N–H and O–H groups in total. The highest BCUT2D eigenvalue weighted by molar-refractivity contribution is 9.10. The van der Waals surface area contributed by atoms with Crippen molar-refractivity contribution in [2.24, 2.45) is 0 Å². The third-order valence-electron chi connectivity index (χ3n) is 2.77. The molecule has 5 nitrogen and oxygen atoms in total. The fourth-order valence-corrected chi connectivity index (χ4v) is 3.25. The Bertz CT molecular complexity index is 781. The van der Waals surface area contributed by atoms with Crippen molar-refractivity contribution in [1.29, 1.82) is 0 Å². The summed E-state index contributed by atoms with van der Waals surface area (Å²) in [5.74, 6) is -0.470. The van der Waals surface area contributed by atoms with Crippen LogP contribution in [0.3, 0.4) is 0 Å². The molecular formula is C13H12BrFN2O3S. The number of halogens is 2. The van der Waals surface area contributed by atoms with Gasteiger partial charge in [0.15, 0.2) is 0 Å². The number of hydrogen-bond donors (Lipinski definition) is 2. The molecule has 0 aliphatic rings. The van der Waals surface area contributed by atoms with Gasteiger partial charge in [-0.15, -0.1) is 0 Å². The molecule has 0 radical (unpaired) electrons. The van der Waals surface area contributed by atoms with Crippen LogP contribution in [-0.4, -0.2) is 18.5 Å². The minimum atomic E-state index is -3.90. The molecule has 112 valence electrons. The molecule has 8 heteroatoms. The predicted octanol–water partition coefficient (Wildman–Crippen LogP) is 2.58. The third-order valence-corrected chi connectivity index (χ3v) is 4.54. The summed E-state index contributed by atoms with van der Waals surface area (Å²) < 4.78 is 40.9. The molecule has 21 heavy (non-hydrogen) atoms. The van der Waals surface area contributed by atoms with Crippen molar-refractivity contribution in [3.8, 4) is 0 Å². The summed E-state index contributed by atoms with van der Waals surface area (Å²) in [6.45, 7) is 1.13. The standard InChI is InChI=1S/C13H12BrFN2O3S/c1-8-4-10(14)6-16-13(8)17-21(19,20)11-2-3-12(15)9(5-11)7-18/h2-6,18H,7H2,1H3,(H,16,17). The molecule has 0 amide bonds. The number of hydrogen-bond acceptors (Lipinski definition) is 4. The van der Waals surface area contributed by atoms with Crippen LogP contribution in [0, 0.1) is 12.7 Å². The highest BCUT2D eigenvalue weighted by Gasteiger charge is 2.18. The lowest BCUT2D eigenvalue weighted by atomic mass is 10.2. The van der Waals surface area contributed by atoms with E-state index in [9.17, 15) is 12.8 Å². The van der Waals surface area contributed by atoms with Gasteiger partial charge in [-0.25, -0.2) is 17.8 Å². The minimum absolute atomic E-state index is 0.0848. The van der Waals surface area contributed by atoms with Crippen LogP contribution in [0.2, 0.25) is 0 Å². The van der Waals surface area contributed by atoms with Crippen LogP contribution in [0.4, 0.5) is 10.2 Å². The van der Waals surface area contributed by atoms with Crippen molar-refractivity contribution in [2.45, 2.75) is 18.4 Å². The minimum Gasteiger partial charge on any atom is -0.392 e.